The van der Waals surface area contributed by atoms with E-state index < -0.39 is 35.0 Å². The van der Waals surface area contributed by atoms with E-state index in [0.717, 1.165) is 67.9 Å². The molecule has 0 saturated carbocycles. The minimum absolute atomic E-state index is 0.0701. The summed E-state index contributed by atoms with van der Waals surface area (Å²) < 4.78 is 53.5. The Morgan fingerprint density at radius 2 is 1.98 bits per heavy atom. The molecule has 0 amide bonds. The number of hydrogen-bond acceptors (Lipinski definition) is 8. The maximum Gasteiger partial charge on any atom is 0.328 e. The van der Waals surface area contributed by atoms with Crippen LogP contribution in [0.3, 0.4) is 0 Å². The molecule has 3 atom stereocenters. The number of benzene rings is 1. The molecule has 0 spiro atoms. The summed E-state index contributed by atoms with van der Waals surface area (Å²) in [5.74, 6) is 0.834. The molecule has 0 aliphatic carbocycles. The van der Waals surface area contributed by atoms with Crippen molar-refractivity contribution < 1.29 is 32.5 Å². The summed E-state index contributed by atoms with van der Waals surface area (Å²) in [7, 11) is 1.71. The number of carbonyl (C=O) groups is 1. The molecule has 10 heteroatoms. The van der Waals surface area contributed by atoms with Crippen LogP contribution in [0.15, 0.2) is 18.2 Å². The molecule has 5 rings (SSSR count). The number of likely N-dealkylation sites (tertiary alicyclic amines) is 1. The minimum Gasteiger partial charge on any atom is -0.496 e. The van der Waals surface area contributed by atoms with E-state index in [0.29, 0.717) is 43.0 Å². The molecule has 45 heavy (non-hydrogen) atoms. The molecule has 8 nitrogen and oxygen atoms in total. The monoisotopic (exact) mass is 629 g/mol. The Morgan fingerprint density at radius 1 is 1.18 bits per heavy atom. The zero-order valence-corrected chi connectivity index (χ0v) is 27.6. The number of nitrogens with one attached hydrogen (secondary N) is 1. The quantitative estimate of drug-likeness (QED) is 0.227. The number of aromatic nitrogens is 1. The van der Waals surface area contributed by atoms with Crippen molar-refractivity contribution >= 4 is 11.8 Å². The average molecular weight is 630 g/mol. The van der Waals surface area contributed by atoms with Crippen LogP contribution in [0.1, 0.15) is 88.7 Å². The van der Waals surface area contributed by atoms with E-state index in [9.17, 15) is 9.18 Å². The number of esters is 1. The third-order valence-corrected chi connectivity index (χ3v) is 8.97. The first-order valence-electron chi connectivity index (χ1n) is 16.4. The Bertz CT molecular complexity index is 1340. The molecular weight excluding hydrogens is 580 g/mol. The topological polar surface area (TPSA) is 82.2 Å². The van der Waals surface area contributed by atoms with Crippen molar-refractivity contribution in [1.82, 2.24) is 9.88 Å². The SMILES string of the molecule is COc1cc(CCCCOC2CCN(C(C(=O)OC(C)(C)C)c3cc(F)cc4c3CC(C(C)(C)F)CO4)C2)nc2c1CCCN2. The molecule has 1 fully saturated rings. The first-order chi connectivity index (χ1) is 21.3. The Balaban J connectivity index is 1.23. The van der Waals surface area contributed by atoms with Gasteiger partial charge in [-0.05, 0) is 91.2 Å². The fourth-order valence-electron chi connectivity index (χ4n) is 6.54. The van der Waals surface area contributed by atoms with E-state index in [-0.39, 0.29) is 12.7 Å². The van der Waals surface area contributed by atoms with Gasteiger partial charge in [0.25, 0.3) is 0 Å². The van der Waals surface area contributed by atoms with E-state index >= 15 is 4.39 Å². The smallest absolute Gasteiger partial charge is 0.328 e. The molecule has 3 aliphatic rings. The van der Waals surface area contributed by atoms with Crippen molar-refractivity contribution in [2.75, 3.05) is 45.3 Å². The zero-order chi connectivity index (χ0) is 32.4. The summed E-state index contributed by atoms with van der Waals surface area (Å²) in [6.45, 7) is 11.3. The predicted octanol–water partition coefficient (Wildman–Crippen LogP) is 6.38. The largest absolute Gasteiger partial charge is 0.496 e. The fourth-order valence-corrected chi connectivity index (χ4v) is 6.54. The number of anilines is 1. The van der Waals surface area contributed by atoms with E-state index in [1.807, 2.05) is 31.7 Å². The first-order valence-corrected chi connectivity index (χ1v) is 16.4. The van der Waals surface area contributed by atoms with Gasteiger partial charge in [0.2, 0.25) is 0 Å². The lowest BCUT2D eigenvalue weighted by molar-refractivity contribution is -0.161. The predicted molar refractivity (Wildman–Crippen MR) is 169 cm³/mol. The van der Waals surface area contributed by atoms with Gasteiger partial charge in [-0.15, -0.1) is 0 Å². The maximum absolute atomic E-state index is 15.0. The molecule has 3 aliphatic heterocycles. The standard InChI is InChI=1S/C35H49F2N3O5/c1-34(2,3)45-33(41)31(28-17-23(36)18-30-27(28)16-22(21-44-30)35(4,5)37)40-14-12-25(20-40)43-15-8-7-10-24-19-29(42-6)26-11-9-13-38-32(26)39-24/h17-19,22,25,31H,7-16,20-21H2,1-6H3,(H,38,39). The molecule has 2 aromatic rings. The van der Waals surface area contributed by atoms with Gasteiger partial charge in [-0.3, -0.25) is 4.90 Å². The van der Waals surface area contributed by atoms with Crippen molar-refractivity contribution in [2.45, 2.75) is 103 Å². The number of fused-ring (bicyclic) bond motifs is 2. The highest BCUT2D eigenvalue weighted by atomic mass is 19.1. The molecule has 0 radical (unpaired) electrons. The Kier molecular flexibility index (Phi) is 10.2. The fraction of sp³-hybridized carbons (Fsp3) is 0.657. The lowest BCUT2D eigenvalue weighted by Crippen LogP contribution is -2.40. The minimum atomic E-state index is -1.49. The number of pyridine rings is 1. The summed E-state index contributed by atoms with van der Waals surface area (Å²) >= 11 is 0. The molecule has 0 bridgehead atoms. The van der Waals surface area contributed by atoms with Gasteiger partial charge >= 0.3 is 5.97 Å². The second-order valence-electron chi connectivity index (χ2n) is 14.1. The van der Waals surface area contributed by atoms with Gasteiger partial charge in [-0.1, -0.05) is 0 Å². The van der Waals surface area contributed by atoms with Crippen LogP contribution in [0.25, 0.3) is 0 Å². The number of halogens is 2. The van der Waals surface area contributed by atoms with Crippen LogP contribution < -0.4 is 14.8 Å². The van der Waals surface area contributed by atoms with Gasteiger partial charge in [-0.2, -0.15) is 0 Å². The normalized spacial score (nSPS) is 20.9. The van der Waals surface area contributed by atoms with E-state index in [2.05, 4.69) is 5.32 Å². The van der Waals surface area contributed by atoms with Gasteiger partial charge in [-0.25, -0.2) is 18.6 Å². The Labute approximate surface area is 266 Å². The number of rotatable bonds is 11. The first kappa shape index (κ1) is 33.4. The van der Waals surface area contributed by atoms with Crippen LogP contribution >= 0.6 is 0 Å². The van der Waals surface area contributed by atoms with Crippen LogP contribution in [0.2, 0.25) is 0 Å². The number of aryl methyl sites for hydroxylation is 1. The average Bonchev–Trinajstić information content (AvgIpc) is 3.43. The van der Waals surface area contributed by atoms with Crippen LogP contribution in [0.5, 0.6) is 11.5 Å². The van der Waals surface area contributed by atoms with Crippen LogP contribution in [0.4, 0.5) is 14.6 Å². The molecule has 3 unspecified atom stereocenters. The highest BCUT2D eigenvalue weighted by molar-refractivity contribution is 5.79. The van der Waals surface area contributed by atoms with E-state index in [1.54, 1.807) is 7.11 Å². The summed E-state index contributed by atoms with van der Waals surface area (Å²) in [6.07, 6.45) is 5.70. The van der Waals surface area contributed by atoms with Gasteiger partial charge < -0.3 is 24.3 Å². The second-order valence-corrected chi connectivity index (χ2v) is 14.1. The lowest BCUT2D eigenvalue weighted by Gasteiger charge is -2.36. The third kappa shape index (κ3) is 8.25. The number of alkyl halides is 1. The summed E-state index contributed by atoms with van der Waals surface area (Å²) in [5.41, 5.74) is 1.09. The highest BCUT2D eigenvalue weighted by Crippen LogP contribution is 2.41. The Morgan fingerprint density at radius 3 is 2.71 bits per heavy atom. The lowest BCUT2D eigenvalue weighted by atomic mass is 9.82. The zero-order valence-electron chi connectivity index (χ0n) is 27.6. The maximum atomic E-state index is 15.0. The Hall–Kier alpha value is -2.98. The number of nitrogens with zero attached hydrogens (tertiary/aromatic N) is 2. The van der Waals surface area contributed by atoms with Gasteiger partial charge in [0.05, 0.1) is 19.8 Å². The van der Waals surface area contributed by atoms with Crippen molar-refractivity contribution in [3.8, 4) is 11.5 Å². The van der Waals surface area contributed by atoms with Crippen molar-refractivity contribution in [2.24, 2.45) is 5.92 Å². The number of hydrogen-bond donors (Lipinski definition) is 1. The number of ether oxygens (including phenoxy) is 4. The van der Waals surface area contributed by atoms with Crippen LogP contribution in [-0.4, -0.2) is 73.2 Å². The number of unbranched alkanes of at least 4 members (excludes halogenated alkanes) is 1. The van der Waals surface area contributed by atoms with E-state index in [4.69, 9.17) is 23.9 Å². The molecule has 1 aromatic heterocycles. The van der Waals surface area contributed by atoms with Crippen molar-refractivity contribution in [1.29, 1.82) is 0 Å². The molecule has 1 saturated heterocycles. The summed E-state index contributed by atoms with van der Waals surface area (Å²) in [4.78, 5) is 20.6. The molecule has 248 valence electrons. The molecule has 4 heterocycles. The van der Waals surface area contributed by atoms with Crippen LogP contribution in [0, 0.1) is 11.7 Å². The van der Waals surface area contributed by atoms with Crippen LogP contribution in [-0.2, 0) is 33.5 Å². The molecule has 1 N–H and O–H groups in total. The second kappa shape index (κ2) is 13.8. The highest BCUT2D eigenvalue weighted by Gasteiger charge is 2.41. The van der Waals surface area contributed by atoms with E-state index in [1.165, 1.54) is 26.0 Å². The molecular formula is C35H49F2N3O5. The summed E-state index contributed by atoms with van der Waals surface area (Å²) in [5, 5.41) is 3.39. The van der Waals surface area contributed by atoms with Gasteiger partial charge in [0.15, 0.2) is 0 Å². The number of methoxy groups -OCH3 is 1. The third-order valence-electron chi connectivity index (χ3n) is 8.97. The number of carbonyl (C=O) groups excluding carboxylic acids is 1. The van der Waals surface area contributed by atoms with Gasteiger partial charge in [0, 0.05) is 61.1 Å². The van der Waals surface area contributed by atoms with Crippen molar-refractivity contribution in [3.05, 3.63) is 46.4 Å². The molecule has 1 aromatic carbocycles. The van der Waals surface area contributed by atoms with Crippen molar-refractivity contribution in [3.63, 3.8) is 0 Å². The van der Waals surface area contributed by atoms with Gasteiger partial charge in [0.1, 0.15) is 40.4 Å². The summed E-state index contributed by atoms with van der Waals surface area (Å²) in [6, 6.07) is 3.91.